The van der Waals surface area contributed by atoms with Gasteiger partial charge in [0.05, 0.1) is 11.6 Å². The van der Waals surface area contributed by atoms with Gasteiger partial charge in [0.15, 0.2) is 6.61 Å². The number of anilines is 1. The Labute approximate surface area is 164 Å². The van der Waals surface area contributed by atoms with Crippen LogP contribution in [0, 0.1) is 0 Å². The molecule has 0 aliphatic rings. The van der Waals surface area contributed by atoms with Crippen molar-refractivity contribution in [3.8, 4) is 0 Å². The van der Waals surface area contributed by atoms with Crippen LogP contribution in [0.3, 0.4) is 0 Å². The average molecular weight is 376 g/mol. The molecule has 1 atom stereocenters. The first-order chi connectivity index (χ1) is 13.5. The number of carbonyl (C=O) groups is 2. The summed E-state index contributed by atoms with van der Waals surface area (Å²) in [6.45, 7) is 1.60. The number of esters is 1. The van der Waals surface area contributed by atoms with Gasteiger partial charge in [-0.05, 0) is 47.5 Å². The molecule has 144 valence electrons. The number of nitrogens with one attached hydrogen (secondary N) is 1. The Morgan fingerprint density at radius 1 is 0.964 bits per heavy atom. The van der Waals surface area contributed by atoms with E-state index < -0.39 is 5.97 Å². The van der Waals surface area contributed by atoms with Gasteiger partial charge in [-0.1, -0.05) is 42.5 Å². The first-order valence-corrected chi connectivity index (χ1v) is 9.17. The largest absolute Gasteiger partial charge is 0.452 e. The molecule has 5 nitrogen and oxygen atoms in total. The van der Waals surface area contributed by atoms with E-state index in [0.717, 1.165) is 22.0 Å². The summed E-state index contributed by atoms with van der Waals surface area (Å²) in [6.07, 6.45) is 0. The Hall–Kier alpha value is -3.34. The quantitative estimate of drug-likeness (QED) is 0.662. The van der Waals surface area contributed by atoms with Crippen LogP contribution in [0.2, 0.25) is 0 Å². The van der Waals surface area contributed by atoms with Crippen LogP contribution < -0.4 is 10.2 Å². The Morgan fingerprint density at radius 3 is 2.36 bits per heavy atom. The monoisotopic (exact) mass is 376 g/mol. The summed E-state index contributed by atoms with van der Waals surface area (Å²) in [6, 6.07) is 20.9. The number of ether oxygens (including phenoxy) is 1. The van der Waals surface area contributed by atoms with Crippen molar-refractivity contribution >= 4 is 28.3 Å². The Balaban J connectivity index is 1.58. The van der Waals surface area contributed by atoms with Gasteiger partial charge in [-0.2, -0.15) is 0 Å². The fraction of sp³-hybridized carbons (Fsp3) is 0.217. The minimum absolute atomic E-state index is 0.198. The van der Waals surface area contributed by atoms with Crippen LogP contribution in [0.1, 0.15) is 28.9 Å². The molecule has 0 aliphatic carbocycles. The van der Waals surface area contributed by atoms with Crippen molar-refractivity contribution in [1.29, 1.82) is 0 Å². The minimum Gasteiger partial charge on any atom is -0.452 e. The third-order valence-electron chi connectivity index (χ3n) is 4.62. The number of hydrogen-bond donors (Lipinski definition) is 1. The summed E-state index contributed by atoms with van der Waals surface area (Å²) in [5.74, 6) is -0.850. The van der Waals surface area contributed by atoms with Crippen LogP contribution in [0.25, 0.3) is 10.8 Å². The topological polar surface area (TPSA) is 58.6 Å². The fourth-order valence-electron chi connectivity index (χ4n) is 3.10. The first kappa shape index (κ1) is 19.4. The van der Waals surface area contributed by atoms with E-state index in [-0.39, 0.29) is 18.6 Å². The van der Waals surface area contributed by atoms with E-state index in [2.05, 4.69) is 5.32 Å². The molecule has 0 saturated carbocycles. The molecule has 0 saturated heterocycles. The fourth-order valence-corrected chi connectivity index (χ4v) is 3.10. The van der Waals surface area contributed by atoms with E-state index in [4.69, 9.17) is 4.74 Å². The molecule has 0 aromatic heterocycles. The molecule has 5 heteroatoms. The molecule has 3 aromatic carbocycles. The number of hydrogen-bond acceptors (Lipinski definition) is 4. The molecule has 0 bridgehead atoms. The molecular weight excluding hydrogens is 352 g/mol. The molecule has 0 heterocycles. The zero-order valence-electron chi connectivity index (χ0n) is 16.3. The molecule has 0 fully saturated rings. The van der Waals surface area contributed by atoms with Gasteiger partial charge in [-0.15, -0.1) is 0 Å². The molecular formula is C23H24N2O3. The van der Waals surface area contributed by atoms with Crippen LogP contribution in [0.15, 0.2) is 66.7 Å². The highest BCUT2D eigenvalue weighted by Crippen LogP contribution is 2.24. The molecule has 0 radical (unpaired) electrons. The first-order valence-electron chi connectivity index (χ1n) is 9.17. The third-order valence-corrected chi connectivity index (χ3v) is 4.62. The summed E-state index contributed by atoms with van der Waals surface area (Å²) < 4.78 is 5.15. The van der Waals surface area contributed by atoms with E-state index in [1.165, 1.54) is 0 Å². The van der Waals surface area contributed by atoms with Crippen molar-refractivity contribution < 1.29 is 14.3 Å². The number of nitrogens with zero attached hydrogens (tertiary/aromatic N) is 1. The van der Waals surface area contributed by atoms with Gasteiger partial charge in [0.25, 0.3) is 5.91 Å². The molecule has 28 heavy (non-hydrogen) atoms. The van der Waals surface area contributed by atoms with Crippen molar-refractivity contribution in [3.05, 3.63) is 77.9 Å². The van der Waals surface area contributed by atoms with Gasteiger partial charge in [0.2, 0.25) is 0 Å². The van der Waals surface area contributed by atoms with Crippen LogP contribution in [0.4, 0.5) is 5.69 Å². The lowest BCUT2D eigenvalue weighted by molar-refractivity contribution is -0.124. The number of carbonyl (C=O) groups excluding carboxylic acids is 2. The van der Waals surface area contributed by atoms with Gasteiger partial charge >= 0.3 is 5.97 Å². The molecule has 0 unspecified atom stereocenters. The molecule has 1 N–H and O–H groups in total. The lowest BCUT2D eigenvalue weighted by Gasteiger charge is -2.17. The second-order valence-corrected chi connectivity index (χ2v) is 6.88. The zero-order chi connectivity index (χ0) is 20.1. The summed E-state index contributed by atoms with van der Waals surface area (Å²) in [5.41, 5.74) is 2.43. The maximum absolute atomic E-state index is 12.2. The number of fused-ring (bicyclic) bond motifs is 1. The van der Waals surface area contributed by atoms with E-state index in [9.17, 15) is 9.59 Å². The summed E-state index contributed by atoms with van der Waals surface area (Å²) in [4.78, 5) is 26.3. The Morgan fingerprint density at radius 2 is 1.64 bits per heavy atom. The summed E-state index contributed by atoms with van der Waals surface area (Å²) in [7, 11) is 3.85. The highest BCUT2D eigenvalue weighted by atomic mass is 16.5. The Bertz CT molecular complexity index is 975. The van der Waals surface area contributed by atoms with Crippen molar-refractivity contribution in [3.63, 3.8) is 0 Å². The molecule has 0 aliphatic heterocycles. The predicted octanol–water partition coefficient (Wildman–Crippen LogP) is 3.94. The van der Waals surface area contributed by atoms with Gasteiger partial charge in [-0.25, -0.2) is 4.79 Å². The second kappa shape index (κ2) is 8.57. The van der Waals surface area contributed by atoms with Crippen molar-refractivity contribution in [1.82, 2.24) is 5.32 Å². The highest BCUT2D eigenvalue weighted by Gasteiger charge is 2.15. The van der Waals surface area contributed by atoms with Gasteiger partial charge < -0.3 is 15.0 Å². The zero-order valence-corrected chi connectivity index (χ0v) is 16.3. The highest BCUT2D eigenvalue weighted by molar-refractivity contribution is 5.92. The van der Waals surface area contributed by atoms with Gasteiger partial charge in [0, 0.05) is 19.8 Å². The Kier molecular flexibility index (Phi) is 5.94. The number of amides is 1. The normalized spacial score (nSPS) is 11.7. The molecule has 3 aromatic rings. The standard InChI is InChI=1S/C23H24N2O3/c1-16(20-10-6-8-17-7-4-5-9-21(17)20)24-22(26)15-28-23(27)18-11-13-19(14-12-18)25(2)3/h4-14,16H,15H2,1-3H3,(H,24,26)/t16-/m0/s1. The maximum Gasteiger partial charge on any atom is 0.338 e. The molecule has 3 rings (SSSR count). The van der Waals surface area contributed by atoms with Crippen LogP contribution in [0.5, 0.6) is 0 Å². The van der Waals surface area contributed by atoms with Gasteiger partial charge in [-0.3, -0.25) is 4.79 Å². The van der Waals surface area contributed by atoms with Crippen molar-refractivity contribution in [2.24, 2.45) is 0 Å². The lowest BCUT2D eigenvalue weighted by Crippen LogP contribution is -2.31. The van der Waals surface area contributed by atoms with Crippen molar-refractivity contribution in [2.45, 2.75) is 13.0 Å². The second-order valence-electron chi connectivity index (χ2n) is 6.88. The molecule has 0 spiro atoms. The third kappa shape index (κ3) is 4.49. The SMILES string of the molecule is C[C@H](NC(=O)COC(=O)c1ccc(N(C)C)cc1)c1cccc2ccccc12. The van der Waals surface area contributed by atoms with Gasteiger partial charge in [0.1, 0.15) is 0 Å². The van der Waals surface area contributed by atoms with E-state index in [1.54, 1.807) is 12.1 Å². The van der Waals surface area contributed by atoms with Crippen molar-refractivity contribution in [2.75, 3.05) is 25.6 Å². The molecule has 1 amide bonds. The van der Waals surface area contributed by atoms with Crippen LogP contribution in [-0.4, -0.2) is 32.6 Å². The summed E-state index contributed by atoms with van der Waals surface area (Å²) in [5, 5.41) is 5.11. The smallest absolute Gasteiger partial charge is 0.338 e. The summed E-state index contributed by atoms with van der Waals surface area (Å²) >= 11 is 0. The number of benzene rings is 3. The predicted molar refractivity (Wildman–Crippen MR) is 112 cm³/mol. The lowest BCUT2D eigenvalue weighted by atomic mass is 10.00. The van der Waals surface area contributed by atoms with E-state index in [1.807, 2.05) is 80.5 Å². The van der Waals surface area contributed by atoms with E-state index in [0.29, 0.717) is 5.56 Å². The number of rotatable bonds is 6. The van der Waals surface area contributed by atoms with E-state index >= 15 is 0 Å². The maximum atomic E-state index is 12.2. The average Bonchev–Trinajstić information content (AvgIpc) is 2.71. The van der Waals surface area contributed by atoms with Crippen LogP contribution in [-0.2, 0) is 9.53 Å². The van der Waals surface area contributed by atoms with Crippen LogP contribution >= 0.6 is 0 Å². The minimum atomic E-state index is -0.515.